The molecule has 3 N–H and O–H groups in total. The minimum Gasteiger partial charge on any atom is -0.326 e. The second-order valence-electron chi connectivity index (χ2n) is 6.20. The molecular weight excluding hydrogens is 314 g/mol. The predicted molar refractivity (Wildman–Crippen MR) is 94.1 cm³/mol. The lowest BCUT2D eigenvalue weighted by Gasteiger charge is -2.22. The van der Waals surface area contributed by atoms with Crippen molar-refractivity contribution in [2.45, 2.75) is 38.5 Å². The van der Waals surface area contributed by atoms with E-state index in [1.165, 1.54) is 0 Å². The van der Waals surface area contributed by atoms with Crippen LogP contribution in [0, 0.1) is 5.92 Å². The van der Waals surface area contributed by atoms with Crippen LogP contribution in [0.25, 0.3) is 0 Å². The minimum atomic E-state index is 0. The normalized spacial score (nSPS) is 17.7. The Kier molecular flexibility index (Phi) is 6.42. The Morgan fingerprint density at radius 2 is 2.00 bits per heavy atom. The highest BCUT2D eigenvalue weighted by atomic mass is 35.5. The molecule has 0 spiro atoms. The fraction of sp³-hybridized carbons (Fsp3) is 0.529. The third-order valence-corrected chi connectivity index (χ3v) is 4.53. The number of carbonyl (C=O) groups excluding carboxylic acids is 2. The van der Waals surface area contributed by atoms with E-state index >= 15 is 0 Å². The van der Waals surface area contributed by atoms with Crippen molar-refractivity contribution in [3.05, 3.63) is 23.8 Å². The first-order chi connectivity index (χ1) is 10.7. The van der Waals surface area contributed by atoms with Crippen molar-refractivity contribution in [2.75, 3.05) is 23.7 Å². The quantitative estimate of drug-likeness (QED) is 0.791. The summed E-state index contributed by atoms with van der Waals surface area (Å²) in [4.78, 5) is 23.5. The molecule has 2 aliphatic rings. The van der Waals surface area contributed by atoms with Crippen LogP contribution >= 0.6 is 12.4 Å². The maximum Gasteiger partial charge on any atom is 0.224 e. The van der Waals surface area contributed by atoms with Crippen LogP contribution in [0.2, 0.25) is 0 Å². The standard InChI is InChI=1S/C17H23N3O2.ClH/c21-16(5-1-12-7-9-18-10-8-12)19-14-4-2-13-3-6-17(22)20-15(13)11-14;/h2,4,11-12,18H,1,3,5-10H2,(H,19,21)(H,20,22);1H. The van der Waals surface area contributed by atoms with Gasteiger partial charge in [-0.25, -0.2) is 0 Å². The lowest BCUT2D eigenvalue weighted by atomic mass is 9.93. The van der Waals surface area contributed by atoms with Gasteiger partial charge in [0.1, 0.15) is 0 Å². The SMILES string of the molecule is Cl.O=C(CCC1CCNCC1)Nc1ccc2c(c1)NC(=O)CC2. The number of piperidine rings is 1. The van der Waals surface area contributed by atoms with Gasteiger partial charge in [0.15, 0.2) is 0 Å². The van der Waals surface area contributed by atoms with E-state index in [2.05, 4.69) is 16.0 Å². The number of benzene rings is 1. The highest BCUT2D eigenvalue weighted by Crippen LogP contribution is 2.26. The third-order valence-electron chi connectivity index (χ3n) is 4.53. The van der Waals surface area contributed by atoms with E-state index in [9.17, 15) is 9.59 Å². The highest BCUT2D eigenvalue weighted by molar-refractivity contribution is 5.96. The minimum absolute atomic E-state index is 0. The number of carbonyl (C=O) groups is 2. The molecule has 0 radical (unpaired) electrons. The number of aryl methyl sites for hydroxylation is 1. The summed E-state index contributed by atoms with van der Waals surface area (Å²) in [6.45, 7) is 2.13. The van der Waals surface area contributed by atoms with Gasteiger partial charge >= 0.3 is 0 Å². The molecule has 1 aromatic rings. The Hall–Kier alpha value is -1.59. The largest absolute Gasteiger partial charge is 0.326 e. The Bertz CT molecular complexity index is 571. The molecule has 1 saturated heterocycles. The van der Waals surface area contributed by atoms with E-state index in [-0.39, 0.29) is 24.2 Å². The van der Waals surface area contributed by atoms with E-state index in [0.717, 1.165) is 55.7 Å². The fourth-order valence-electron chi connectivity index (χ4n) is 3.18. The number of rotatable bonds is 4. The molecular formula is C17H24ClN3O2. The molecule has 0 bridgehead atoms. The van der Waals surface area contributed by atoms with Gasteiger partial charge in [0.05, 0.1) is 0 Å². The number of anilines is 2. The van der Waals surface area contributed by atoms with Gasteiger partial charge < -0.3 is 16.0 Å². The maximum atomic E-state index is 12.1. The summed E-state index contributed by atoms with van der Waals surface area (Å²) in [5, 5.41) is 9.14. The van der Waals surface area contributed by atoms with Gasteiger partial charge in [0.25, 0.3) is 0 Å². The van der Waals surface area contributed by atoms with Crippen LogP contribution in [-0.2, 0) is 16.0 Å². The van der Waals surface area contributed by atoms with Crippen molar-refractivity contribution in [3.8, 4) is 0 Å². The van der Waals surface area contributed by atoms with E-state index in [1.807, 2.05) is 18.2 Å². The molecule has 0 aromatic heterocycles. The Balaban J connectivity index is 0.00000192. The second-order valence-corrected chi connectivity index (χ2v) is 6.20. The van der Waals surface area contributed by atoms with Crippen LogP contribution in [0.15, 0.2) is 18.2 Å². The first-order valence-corrected chi connectivity index (χ1v) is 8.14. The summed E-state index contributed by atoms with van der Waals surface area (Å²) in [6, 6.07) is 5.75. The van der Waals surface area contributed by atoms with E-state index in [1.54, 1.807) is 0 Å². The topological polar surface area (TPSA) is 70.2 Å². The van der Waals surface area contributed by atoms with Crippen LogP contribution in [0.1, 0.15) is 37.7 Å². The number of amides is 2. The molecule has 3 rings (SSSR count). The molecule has 0 saturated carbocycles. The number of halogens is 1. The van der Waals surface area contributed by atoms with E-state index < -0.39 is 0 Å². The van der Waals surface area contributed by atoms with Crippen LogP contribution in [0.5, 0.6) is 0 Å². The average Bonchev–Trinajstić information content (AvgIpc) is 2.53. The van der Waals surface area contributed by atoms with Gasteiger partial charge in [-0.05, 0) is 62.4 Å². The highest BCUT2D eigenvalue weighted by Gasteiger charge is 2.17. The van der Waals surface area contributed by atoms with E-state index in [4.69, 9.17) is 0 Å². The molecule has 1 aromatic carbocycles. The van der Waals surface area contributed by atoms with Crippen LogP contribution in [-0.4, -0.2) is 24.9 Å². The maximum absolute atomic E-state index is 12.1. The van der Waals surface area contributed by atoms with Crippen molar-refractivity contribution in [1.29, 1.82) is 0 Å². The zero-order valence-electron chi connectivity index (χ0n) is 13.2. The number of hydrogen-bond acceptors (Lipinski definition) is 3. The summed E-state index contributed by atoms with van der Waals surface area (Å²) < 4.78 is 0. The van der Waals surface area contributed by atoms with Gasteiger partial charge in [0.2, 0.25) is 11.8 Å². The number of nitrogens with one attached hydrogen (secondary N) is 3. The molecule has 5 nitrogen and oxygen atoms in total. The molecule has 6 heteroatoms. The van der Waals surface area contributed by atoms with Gasteiger partial charge in [-0.2, -0.15) is 0 Å². The van der Waals surface area contributed by atoms with Crippen molar-refractivity contribution >= 4 is 35.6 Å². The van der Waals surface area contributed by atoms with Crippen molar-refractivity contribution < 1.29 is 9.59 Å². The van der Waals surface area contributed by atoms with Crippen molar-refractivity contribution in [1.82, 2.24) is 5.32 Å². The van der Waals surface area contributed by atoms with Crippen LogP contribution in [0.3, 0.4) is 0 Å². The number of hydrogen-bond donors (Lipinski definition) is 3. The second kappa shape index (κ2) is 8.31. The van der Waals surface area contributed by atoms with Gasteiger partial charge in [0, 0.05) is 24.2 Å². The van der Waals surface area contributed by atoms with Gasteiger partial charge in [-0.1, -0.05) is 6.07 Å². The van der Waals surface area contributed by atoms with Crippen LogP contribution in [0.4, 0.5) is 11.4 Å². The molecule has 2 aliphatic heterocycles. The zero-order chi connectivity index (χ0) is 15.4. The monoisotopic (exact) mass is 337 g/mol. The zero-order valence-corrected chi connectivity index (χ0v) is 14.0. The average molecular weight is 338 g/mol. The molecule has 0 unspecified atom stereocenters. The van der Waals surface area contributed by atoms with Crippen molar-refractivity contribution in [3.63, 3.8) is 0 Å². The lowest BCUT2D eigenvalue weighted by Crippen LogP contribution is -2.28. The lowest BCUT2D eigenvalue weighted by molar-refractivity contribution is -0.117. The molecule has 23 heavy (non-hydrogen) atoms. The first-order valence-electron chi connectivity index (χ1n) is 8.14. The summed E-state index contributed by atoms with van der Waals surface area (Å²) in [6.07, 6.45) is 5.15. The molecule has 2 amide bonds. The summed E-state index contributed by atoms with van der Waals surface area (Å²) in [5.74, 6) is 0.761. The summed E-state index contributed by atoms with van der Waals surface area (Å²) in [7, 11) is 0. The van der Waals surface area contributed by atoms with Gasteiger partial charge in [-0.15, -0.1) is 12.4 Å². The summed E-state index contributed by atoms with van der Waals surface area (Å²) in [5.41, 5.74) is 2.72. The molecule has 2 heterocycles. The molecule has 0 aliphatic carbocycles. The van der Waals surface area contributed by atoms with Crippen molar-refractivity contribution in [2.24, 2.45) is 5.92 Å². The summed E-state index contributed by atoms with van der Waals surface area (Å²) >= 11 is 0. The van der Waals surface area contributed by atoms with E-state index in [0.29, 0.717) is 18.8 Å². The predicted octanol–water partition coefficient (Wildman–Crippen LogP) is 2.71. The van der Waals surface area contributed by atoms with Gasteiger partial charge in [-0.3, -0.25) is 9.59 Å². The fourth-order valence-corrected chi connectivity index (χ4v) is 3.18. The number of fused-ring (bicyclic) bond motifs is 1. The molecule has 126 valence electrons. The Morgan fingerprint density at radius 3 is 2.78 bits per heavy atom. The smallest absolute Gasteiger partial charge is 0.224 e. The molecule has 1 fully saturated rings. The van der Waals surface area contributed by atoms with Crippen LogP contribution < -0.4 is 16.0 Å². The molecule has 0 atom stereocenters. The third kappa shape index (κ3) is 4.94. The Morgan fingerprint density at radius 1 is 1.22 bits per heavy atom. The first kappa shape index (κ1) is 17.8. The Labute approximate surface area is 143 Å².